The molecule has 0 N–H and O–H groups in total. The van der Waals surface area contributed by atoms with Crippen LogP contribution in [0.2, 0.25) is 0 Å². The minimum absolute atomic E-state index is 0.184. The molecule has 0 heterocycles. The zero-order chi connectivity index (χ0) is 16.3. The summed E-state index contributed by atoms with van der Waals surface area (Å²) in [6.07, 6.45) is 2.85. The fraction of sp³-hybridized carbons (Fsp3) is 0.167. The Balaban J connectivity index is 2.43. The van der Waals surface area contributed by atoms with E-state index in [4.69, 9.17) is 4.74 Å². The first-order valence-electron chi connectivity index (χ1n) is 6.79. The number of rotatable bonds is 4. The Morgan fingerprint density at radius 3 is 2.36 bits per heavy atom. The topological polar surface area (TPSA) is 60.4 Å². The predicted molar refractivity (Wildman–Crippen MR) is 82.9 cm³/mol. The number of hydrogen-bond acceptors (Lipinski definition) is 4. The highest BCUT2D eigenvalue weighted by molar-refractivity contribution is 6.36. The molecule has 0 radical (unpaired) electrons. The third-order valence-corrected chi connectivity index (χ3v) is 3.36. The van der Waals surface area contributed by atoms with Crippen LogP contribution in [-0.4, -0.2) is 24.5 Å². The molecule has 112 valence electrons. The lowest BCUT2D eigenvalue weighted by Gasteiger charge is -2.15. The minimum atomic E-state index is -0.500. The van der Waals surface area contributed by atoms with Crippen molar-refractivity contribution in [3.8, 4) is 0 Å². The van der Waals surface area contributed by atoms with Crippen LogP contribution >= 0.6 is 0 Å². The van der Waals surface area contributed by atoms with Gasteiger partial charge in [-0.25, -0.2) is 0 Å². The Hall–Kier alpha value is -2.75. The third kappa shape index (κ3) is 2.96. The largest absolute Gasteiger partial charge is 0.492 e. The maximum Gasteiger partial charge on any atom is 0.224 e. The molecule has 1 aliphatic carbocycles. The van der Waals surface area contributed by atoms with Crippen LogP contribution in [0.5, 0.6) is 0 Å². The van der Waals surface area contributed by atoms with Crippen LogP contribution in [0.3, 0.4) is 0 Å². The highest BCUT2D eigenvalue weighted by Gasteiger charge is 2.32. The Morgan fingerprint density at radius 1 is 1.14 bits per heavy atom. The van der Waals surface area contributed by atoms with Gasteiger partial charge in [0.2, 0.25) is 5.78 Å². The van der Waals surface area contributed by atoms with Gasteiger partial charge in [-0.1, -0.05) is 30.3 Å². The number of Topliss-reactive ketones (excluding diaryl/α,β-unsaturated/α-hetero) is 2. The molecule has 2 rings (SSSR count). The molecule has 0 unspecified atom stereocenters. The number of benzene rings is 1. The Labute approximate surface area is 128 Å². The van der Waals surface area contributed by atoms with Gasteiger partial charge in [0.15, 0.2) is 17.3 Å². The fourth-order valence-electron chi connectivity index (χ4n) is 2.21. The molecule has 0 aliphatic heterocycles. The number of hydrogen-bond donors (Lipinski definition) is 0. The zero-order valence-corrected chi connectivity index (χ0v) is 12.7. The van der Waals surface area contributed by atoms with Crippen molar-refractivity contribution in [1.29, 1.82) is 0 Å². The molecule has 1 aliphatic rings. The average molecular weight is 296 g/mol. The molecule has 4 heteroatoms. The number of ether oxygens (including phenoxy) is 1. The maximum atomic E-state index is 12.5. The Morgan fingerprint density at radius 2 is 1.77 bits per heavy atom. The Kier molecular flexibility index (Phi) is 4.51. The number of carbonyl (C=O) groups excluding carboxylic acids is 3. The maximum absolute atomic E-state index is 12.5. The van der Waals surface area contributed by atoms with E-state index in [-0.39, 0.29) is 16.9 Å². The van der Waals surface area contributed by atoms with Gasteiger partial charge < -0.3 is 4.74 Å². The number of allylic oxidation sites excluding steroid dienone is 4. The van der Waals surface area contributed by atoms with Crippen molar-refractivity contribution in [2.75, 3.05) is 7.11 Å². The molecule has 0 atom stereocenters. The second-order valence-corrected chi connectivity index (χ2v) is 5.00. The van der Waals surface area contributed by atoms with Crippen LogP contribution in [0.1, 0.15) is 19.4 Å². The van der Waals surface area contributed by atoms with Crippen LogP contribution < -0.4 is 0 Å². The normalized spacial score (nSPS) is 15.8. The van der Waals surface area contributed by atoms with E-state index in [1.54, 1.807) is 13.0 Å². The van der Waals surface area contributed by atoms with Crippen molar-refractivity contribution >= 4 is 23.4 Å². The van der Waals surface area contributed by atoms with Crippen LogP contribution in [0.4, 0.5) is 0 Å². The van der Waals surface area contributed by atoms with Crippen molar-refractivity contribution in [3.63, 3.8) is 0 Å². The number of ketones is 3. The quantitative estimate of drug-likeness (QED) is 0.487. The first-order chi connectivity index (χ1) is 10.5. The van der Waals surface area contributed by atoms with Crippen LogP contribution in [0, 0.1) is 0 Å². The average Bonchev–Trinajstić information content (AvgIpc) is 2.50. The van der Waals surface area contributed by atoms with Gasteiger partial charge in [0.1, 0.15) is 5.57 Å². The standard InChI is InChI=1S/C18H16O4/c1-11(9-13-7-5-4-6-8-13)16(20)15-14(19)10-12(2)17(21)18(15)22-3/h4-10H,1-3H3/b11-9+. The monoisotopic (exact) mass is 296 g/mol. The van der Waals surface area contributed by atoms with Crippen molar-refractivity contribution in [3.05, 3.63) is 64.4 Å². The molecule has 0 saturated carbocycles. The van der Waals surface area contributed by atoms with Gasteiger partial charge in [0.05, 0.1) is 7.11 Å². The van der Waals surface area contributed by atoms with Crippen molar-refractivity contribution in [2.45, 2.75) is 13.8 Å². The van der Waals surface area contributed by atoms with Crippen LogP contribution in [0.25, 0.3) is 6.08 Å². The summed E-state index contributed by atoms with van der Waals surface area (Å²) < 4.78 is 5.00. The van der Waals surface area contributed by atoms with Crippen LogP contribution in [-0.2, 0) is 19.1 Å². The summed E-state index contributed by atoms with van der Waals surface area (Å²) in [4.78, 5) is 36.7. The van der Waals surface area contributed by atoms with Gasteiger partial charge in [0.25, 0.3) is 0 Å². The van der Waals surface area contributed by atoms with Crippen molar-refractivity contribution < 1.29 is 19.1 Å². The summed E-state index contributed by atoms with van der Waals surface area (Å²) in [6.45, 7) is 3.13. The van der Waals surface area contributed by atoms with E-state index in [9.17, 15) is 14.4 Å². The van der Waals surface area contributed by atoms with Gasteiger partial charge in [-0.3, -0.25) is 14.4 Å². The SMILES string of the molecule is COC1=C(C(=O)/C(C)=C/c2ccccc2)C(=O)C=C(C)C1=O. The van der Waals surface area contributed by atoms with E-state index in [1.807, 2.05) is 30.3 Å². The van der Waals surface area contributed by atoms with Gasteiger partial charge in [-0.15, -0.1) is 0 Å². The lowest BCUT2D eigenvalue weighted by Crippen LogP contribution is -2.24. The van der Waals surface area contributed by atoms with Gasteiger partial charge in [0, 0.05) is 5.57 Å². The van der Waals surface area contributed by atoms with E-state index in [1.165, 1.54) is 20.1 Å². The first kappa shape index (κ1) is 15.6. The second-order valence-electron chi connectivity index (χ2n) is 5.00. The molecule has 0 amide bonds. The first-order valence-corrected chi connectivity index (χ1v) is 6.79. The lowest BCUT2D eigenvalue weighted by molar-refractivity contribution is -0.121. The van der Waals surface area contributed by atoms with E-state index in [2.05, 4.69) is 0 Å². The summed E-state index contributed by atoms with van der Waals surface area (Å²) >= 11 is 0. The molecule has 0 aromatic heterocycles. The molecular formula is C18H16O4. The Bertz CT molecular complexity index is 734. The molecule has 0 bridgehead atoms. The van der Waals surface area contributed by atoms with Crippen LogP contribution in [0.15, 0.2) is 58.9 Å². The van der Waals surface area contributed by atoms with E-state index < -0.39 is 17.3 Å². The van der Waals surface area contributed by atoms with Gasteiger partial charge in [-0.05, 0) is 37.1 Å². The minimum Gasteiger partial charge on any atom is -0.492 e. The molecule has 22 heavy (non-hydrogen) atoms. The smallest absolute Gasteiger partial charge is 0.224 e. The van der Waals surface area contributed by atoms with Crippen molar-refractivity contribution in [2.24, 2.45) is 0 Å². The molecule has 1 aromatic carbocycles. The highest BCUT2D eigenvalue weighted by Crippen LogP contribution is 2.23. The second kappa shape index (κ2) is 6.35. The van der Waals surface area contributed by atoms with E-state index in [0.29, 0.717) is 5.57 Å². The molecule has 0 saturated heterocycles. The summed E-state index contributed by atoms with van der Waals surface area (Å²) in [6, 6.07) is 9.27. The third-order valence-electron chi connectivity index (χ3n) is 3.36. The lowest BCUT2D eigenvalue weighted by atomic mass is 9.90. The highest BCUT2D eigenvalue weighted by atomic mass is 16.5. The van der Waals surface area contributed by atoms with Crippen molar-refractivity contribution in [1.82, 2.24) is 0 Å². The number of methoxy groups -OCH3 is 1. The summed E-state index contributed by atoms with van der Waals surface area (Å²) in [7, 11) is 1.28. The summed E-state index contributed by atoms with van der Waals surface area (Å²) in [5.74, 6) is -1.61. The zero-order valence-electron chi connectivity index (χ0n) is 12.7. The fourth-order valence-corrected chi connectivity index (χ4v) is 2.21. The van der Waals surface area contributed by atoms with Gasteiger partial charge >= 0.3 is 0 Å². The predicted octanol–water partition coefficient (Wildman–Crippen LogP) is 2.66. The van der Waals surface area contributed by atoms with E-state index >= 15 is 0 Å². The molecule has 0 spiro atoms. The molecular weight excluding hydrogens is 280 g/mol. The van der Waals surface area contributed by atoms with Gasteiger partial charge in [-0.2, -0.15) is 0 Å². The van der Waals surface area contributed by atoms with E-state index in [0.717, 1.165) is 5.56 Å². The molecule has 1 aromatic rings. The molecule has 0 fully saturated rings. The number of carbonyl (C=O) groups is 3. The summed E-state index contributed by atoms with van der Waals surface area (Å²) in [5, 5.41) is 0. The molecule has 4 nitrogen and oxygen atoms in total. The summed E-state index contributed by atoms with van der Waals surface area (Å²) in [5.41, 5.74) is 1.27.